The molecule has 3 aromatic rings. The Kier molecular flexibility index (Phi) is 7.70. The lowest BCUT2D eigenvalue weighted by atomic mass is 10.0. The number of carbonyl (C=O) groups excluding carboxylic acids is 1. The van der Waals surface area contributed by atoms with Gasteiger partial charge in [0.05, 0.1) is 5.52 Å². The molecule has 0 saturated heterocycles. The zero-order valence-electron chi connectivity index (χ0n) is 17.7. The lowest BCUT2D eigenvalue weighted by molar-refractivity contribution is -0.114. The highest BCUT2D eigenvalue weighted by atomic mass is 79.9. The smallest absolute Gasteiger partial charge is 0.284 e. The Morgan fingerprint density at radius 2 is 2.03 bits per heavy atom. The summed E-state index contributed by atoms with van der Waals surface area (Å²) in [6, 6.07) is 11.4. The molecule has 0 aliphatic heterocycles. The highest BCUT2D eigenvalue weighted by Crippen LogP contribution is 2.30. The minimum Gasteiger partial charge on any atom is -0.340 e. The average Bonchev–Trinajstić information content (AvgIpc) is 2.73. The predicted molar refractivity (Wildman–Crippen MR) is 127 cm³/mol. The van der Waals surface area contributed by atoms with Crippen LogP contribution in [0.5, 0.6) is 0 Å². The Labute approximate surface area is 189 Å². The zero-order chi connectivity index (χ0) is 22.4. The first kappa shape index (κ1) is 22.8. The molecule has 0 fully saturated rings. The molecule has 6 nitrogen and oxygen atoms in total. The lowest BCUT2D eigenvalue weighted by Crippen LogP contribution is -2.16. The second-order valence-electron chi connectivity index (χ2n) is 7.40. The number of nitrogens with zero attached hydrogens (tertiary/aromatic N) is 3. The van der Waals surface area contributed by atoms with Crippen molar-refractivity contribution in [3.05, 3.63) is 64.7 Å². The molecule has 8 heteroatoms. The molecule has 0 aliphatic carbocycles. The monoisotopic (exact) mass is 485 g/mol. The molecule has 3 rings (SSSR count). The molecule has 1 heterocycles. The zero-order valence-corrected chi connectivity index (χ0v) is 19.3. The van der Waals surface area contributed by atoms with Crippen molar-refractivity contribution in [2.75, 3.05) is 31.3 Å². The van der Waals surface area contributed by atoms with Crippen LogP contribution in [0.25, 0.3) is 10.9 Å². The first-order valence-electron chi connectivity index (χ1n) is 9.99. The Balaban J connectivity index is 1.98. The van der Waals surface area contributed by atoms with E-state index in [-0.39, 0.29) is 0 Å². The Bertz CT molecular complexity index is 1120. The maximum Gasteiger partial charge on any atom is 0.284 e. The van der Waals surface area contributed by atoms with Crippen LogP contribution in [0.2, 0.25) is 0 Å². The number of aryl methyl sites for hydroxylation is 1. The number of likely N-dealkylation sites (N-methyl/N-ethyl adjacent to an activating group) is 1. The van der Waals surface area contributed by atoms with Gasteiger partial charge in [-0.3, -0.25) is 4.79 Å². The van der Waals surface area contributed by atoms with E-state index in [1.165, 1.54) is 12.4 Å². The first-order chi connectivity index (χ1) is 14.9. The molecule has 0 atom stereocenters. The highest BCUT2D eigenvalue weighted by Gasteiger charge is 2.15. The van der Waals surface area contributed by atoms with Crippen molar-refractivity contribution < 1.29 is 9.18 Å². The first-order valence-corrected chi connectivity index (χ1v) is 10.8. The quantitative estimate of drug-likeness (QED) is 0.415. The maximum atomic E-state index is 14.3. The number of aromatic nitrogens is 2. The fourth-order valence-electron chi connectivity index (χ4n) is 3.08. The summed E-state index contributed by atoms with van der Waals surface area (Å²) in [6.45, 7) is 2.39. The number of amides is 1. The lowest BCUT2D eigenvalue weighted by Gasteiger charge is -2.14. The Morgan fingerprint density at radius 1 is 1.23 bits per heavy atom. The average molecular weight is 486 g/mol. The Morgan fingerprint density at radius 3 is 2.74 bits per heavy atom. The van der Waals surface area contributed by atoms with Crippen LogP contribution in [0, 0.1) is 0 Å². The van der Waals surface area contributed by atoms with Crippen LogP contribution in [0.4, 0.5) is 21.6 Å². The van der Waals surface area contributed by atoms with Gasteiger partial charge in [-0.05, 0) is 62.5 Å². The number of anilines is 3. The van der Waals surface area contributed by atoms with Gasteiger partial charge in [-0.1, -0.05) is 35.3 Å². The van der Waals surface area contributed by atoms with Crippen LogP contribution in [0.1, 0.15) is 18.9 Å². The fourth-order valence-corrected chi connectivity index (χ4v) is 3.48. The standard InChI is InChI=1S/C23H25BrFN5O/c1-4-6-15-11-21-18(13-20(15)29-23(31)19(25)9-10-30(2)3)22(27-14-26-21)28-17-8-5-7-16(24)12-17/h5,7-9,11-14H,4,6,10H2,1-3H3,(H,29,31)(H,26,27,28). The van der Waals surface area contributed by atoms with Gasteiger partial charge in [-0.25, -0.2) is 14.4 Å². The summed E-state index contributed by atoms with van der Waals surface area (Å²) in [4.78, 5) is 22.9. The molecule has 0 unspecified atom stereocenters. The second-order valence-corrected chi connectivity index (χ2v) is 8.32. The molecular formula is C23H25BrFN5O. The minimum absolute atomic E-state index is 0.341. The van der Waals surface area contributed by atoms with Gasteiger partial charge in [0.15, 0.2) is 5.83 Å². The molecule has 1 amide bonds. The van der Waals surface area contributed by atoms with E-state index in [2.05, 4.69) is 36.5 Å². The van der Waals surface area contributed by atoms with Gasteiger partial charge in [0.25, 0.3) is 5.91 Å². The number of benzene rings is 2. The van der Waals surface area contributed by atoms with Crippen molar-refractivity contribution in [1.82, 2.24) is 14.9 Å². The molecule has 0 radical (unpaired) electrons. The third kappa shape index (κ3) is 6.08. The highest BCUT2D eigenvalue weighted by molar-refractivity contribution is 9.10. The summed E-state index contributed by atoms with van der Waals surface area (Å²) in [5.74, 6) is -0.977. The van der Waals surface area contributed by atoms with E-state index in [4.69, 9.17) is 0 Å². The van der Waals surface area contributed by atoms with Crippen molar-refractivity contribution in [2.45, 2.75) is 19.8 Å². The molecule has 0 spiro atoms. The van der Waals surface area contributed by atoms with Crippen molar-refractivity contribution in [3.63, 3.8) is 0 Å². The van der Waals surface area contributed by atoms with Crippen LogP contribution >= 0.6 is 15.9 Å². The number of carbonyl (C=O) groups is 1. The number of nitrogens with one attached hydrogen (secondary N) is 2. The van der Waals surface area contributed by atoms with Gasteiger partial charge in [-0.2, -0.15) is 0 Å². The van der Waals surface area contributed by atoms with E-state index in [0.717, 1.165) is 39.5 Å². The van der Waals surface area contributed by atoms with Crippen LogP contribution in [-0.2, 0) is 11.2 Å². The molecule has 0 saturated carbocycles. The summed E-state index contributed by atoms with van der Waals surface area (Å²) in [6.07, 6.45) is 4.37. The van der Waals surface area contributed by atoms with E-state index in [9.17, 15) is 9.18 Å². The van der Waals surface area contributed by atoms with Gasteiger partial charge < -0.3 is 15.5 Å². The predicted octanol–water partition coefficient (Wildman–Crippen LogP) is 5.44. The van der Waals surface area contributed by atoms with Gasteiger partial charge in [0.1, 0.15) is 12.1 Å². The number of fused-ring (bicyclic) bond motifs is 1. The third-order valence-electron chi connectivity index (χ3n) is 4.57. The molecule has 1 aromatic heterocycles. The van der Waals surface area contributed by atoms with Gasteiger partial charge in [0, 0.05) is 27.8 Å². The van der Waals surface area contributed by atoms with Crippen LogP contribution in [0.15, 0.2) is 59.1 Å². The summed E-state index contributed by atoms with van der Waals surface area (Å²) in [7, 11) is 3.62. The number of halogens is 2. The molecule has 2 N–H and O–H groups in total. The second kappa shape index (κ2) is 10.5. The third-order valence-corrected chi connectivity index (χ3v) is 5.06. The van der Waals surface area contributed by atoms with Crippen LogP contribution < -0.4 is 10.6 Å². The SMILES string of the molecule is CCCc1cc2ncnc(Nc3cccc(Br)c3)c2cc1NC(=O)C(F)=CCN(C)C. The molecule has 0 aliphatic rings. The topological polar surface area (TPSA) is 70.1 Å². The summed E-state index contributed by atoms with van der Waals surface area (Å²) < 4.78 is 15.2. The van der Waals surface area contributed by atoms with E-state index >= 15 is 0 Å². The summed E-state index contributed by atoms with van der Waals surface area (Å²) >= 11 is 3.46. The molecular weight excluding hydrogens is 461 g/mol. The van der Waals surface area contributed by atoms with Crippen molar-refractivity contribution in [1.29, 1.82) is 0 Å². The molecule has 31 heavy (non-hydrogen) atoms. The van der Waals surface area contributed by atoms with Crippen LogP contribution in [0.3, 0.4) is 0 Å². The van der Waals surface area contributed by atoms with E-state index in [1.54, 1.807) is 11.0 Å². The molecule has 162 valence electrons. The largest absolute Gasteiger partial charge is 0.340 e. The minimum atomic E-state index is -0.812. The van der Waals surface area contributed by atoms with Gasteiger partial charge in [0.2, 0.25) is 0 Å². The Hall–Kier alpha value is -2.84. The van der Waals surface area contributed by atoms with Crippen molar-refractivity contribution in [2.24, 2.45) is 0 Å². The van der Waals surface area contributed by atoms with E-state index in [0.29, 0.717) is 18.1 Å². The fraction of sp³-hybridized carbons (Fsp3) is 0.261. The van der Waals surface area contributed by atoms with Gasteiger partial charge in [-0.15, -0.1) is 0 Å². The number of hydrogen-bond donors (Lipinski definition) is 2. The number of hydrogen-bond acceptors (Lipinski definition) is 5. The van der Waals surface area contributed by atoms with Crippen molar-refractivity contribution >= 4 is 49.9 Å². The summed E-state index contributed by atoms with van der Waals surface area (Å²) in [5.41, 5.74) is 3.06. The van der Waals surface area contributed by atoms with Crippen molar-refractivity contribution in [3.8, 4) is 0 Å². The molecule has 2 aromatic carbocycles. The normalized spacial score (nSPS) is 11.7. The van der Waals surface area contributed by atoms with Gasteiger partial charge >= 0.3 is 0 Å². The molecule has 0 bridgehead atoms. The van der Waals surface area contributed by atoms with Crippen LogP contribution in [-0.4, -0.2) is 41.4 Å². The van der Waals surface area contributed by atoms with E-state index in [1.807, 2.05) is 51.4 Å². The maximum absolute atomic E-state index is 14.3. The van der Waals surface area contributed by atoms with E-state index < -0.39 is 11.7 Å². The summed E-state index contributed by atoms with van der Waals surface area (Å²) in [5, 5.41) is 6.74. The number of rotatable bonds is 8.